The molecule has 0 unspecified atom stereocenters. The van der Waals surface area contributed by atoms with Crippen LogP contribution in [0.15, 0.2) is 18.2 Å². The van der Waals surface area contributed by atoms with E-state index in [2.05, 4.69) is 4.74 Å². The van der Waals surface area contributed by atoms with Crippen molar-refractivity contribution in [3.8, 4) is 0 Å². The van der Waals surface area contributed by atoms with Gasteiger partial charge in [-0.05, 0) is 32.0 Å². The zero-order chi connectivity index (χ0) is 20.3. The Morgan fingerprint density at radius 2 is 1.46 bits per heavy atom. The van der Waals surface area contributed by atoms with Crippen LogP contribution in [0.3, 0.4) is 0 Å². The maximum Gasteiger partial charge on any atom is 0.416 e. The molecule has 0 saturated heterocycles. The zero-order valence-corrected chi connectivity index (χ0v) is 14.2. The molecule has 0 radical (unpaired) electrons. The van der Waals surface area contributed by atoms with Gasteiger partial charge in [-0.1, -0.05) is 0 Å². The topological polar surface area (TPSA) is 46.6 Å². The molecule has 0 heterocycles. The number of halogens is 6. The first-order chi connectivity index (χ1) is 11.8. The van der Waals surface area contributed by atoms with Gasteiger partial charge < -0.3 is 9.64 Å². The Balaban J connectivity index is 3.32. The van der Waals surface area contributed by atoms with Crippen molar-refractivity contribution in [2.24, 2.45) is 0 Å². The fourth-order valence-electron chi connectivity index (χ4n) is 2.15. The molecule has 0 N–H and O–H groups in total. The van der Waals surface area contributed by atoms with Gasteiger partial charge in [0.1, 0.15) is 0 Å². The second-order valence-electron chi connectivity index (χ2n) is 5.71. The number of benzene rings is 1. The minimum absolute atomic E-state index is 0.0507. The lowest BCUT2D eigenvalue weighted by Gasteiger charge is -2.27. The number of carbonyl (C=O) groups excluding carboxylic acids is 2. The summed E-state index contributed by atoms with van der Waals surface area (Å²) in [6.07, 6.45) is -10.3. The zero-order valence-electron chi connectivity index (χ0n) is 14.2. The molecule has 0 bridgehead atoms. The number of methoxy groups -OCH3 is 1. The fraction of sp³-hybridized carbons (Fsp3) is 0.500. The molecule has 0 atom stereocenters. The normalized spacial score (nSPS) is 12.2. The Kier molecular flexibility index (Phi) is 6.67. The summed E-state index contributed by atoms with van der Waals surface area (Å²) in [6, 6.07) is 0.122. The first-order valence-corrected chi connectivity index (χ1v) is 7.44. The molecular weight excluding hydrogens is 368 g/mol. The maximum absolute atomic E-state index is 12.9. The smallest absolute Gasteiger partial charge is 0.416 e. The Hall–Kier alpha value is -2.26. The largest absolute Gasteiger partial charge is 0.469 e. The van der Waals surface area contributed by atoms with E-state index in [1.54, 1.807) is 0 Å². The molecule has 0 aromatic heterocycles. The van der Waals surface area contributed by atoms with Crippen LogP contribution in [0.5, 0.6) is 0 Å². The Morgan fingerprint density at radius 1 is 1.00 bits per heavy atom. The standard InChI is InChI=1S/C16H17F6NO3/c1-9(2)23(5-4-13(24)26-3)14(25)10-6-11(15(17,18)19)8-12(7-10)16(20,21)22/h6-9H,4-5H2,1-3H3. The molecule has 0 aliphatic heterocycles. The SMILES string of the molecule is COC(=O)CCN(C(=O)c1cc(C(F)(F)F)cc(C(F)(F)F)c1)C(C)C. The monoisotopic (exact) mass is 385 g/mol. The van der Waals surface area contributed by atoms with Gasteiger partial charge in [-0.3, -0.25) is 9.59 Å². The summed E-state index contributed by atoms with van der Waals surface area (Å²) in [4.78, 5) is 24.7. The number of esters is 1. The third-order valence-electron chi connectivity index (χ3n) is 3.50. The predicted molar refractivity (Wildman–Crippen MR) is 79.3 cm³/mol. The highest BCUT2D eigenvalue weighted by Gasteiger charge is 2.38. The van der Waals surface area contributed by atoms with Crippen molar-refractivity contribution in [1.29, 1.82) is 0 Å². The maximum atomic E-state index is 12.9. The molecule has 0 spiro atoms. The van der Waals surface area contributed by atoms with Crippen LogP contribution in [0.1, 0.15) is 41.8 Å². The van der Waals surface area contributed by atoms with E-state index in [1.165, 1.54) is 13.8 Å². The number of hydrogen-bond acceptors (Lipinski definition) is 3. The summed E-state index contributed by atoms with van der Waals surface area (Å²) < 4.78 is 81.9. The van der Waals surface area contributed by atoms with Gasteiger partial charge in [-0.2, -0.15) is 26.3 Å². The summed E-state index contributed by atoms with van der Waals surface area (Å²) >= 11 is 0. The average molecular weight is 385 g/mol. The summed E-state index contributed by atoms with van der Waals surface area (Å²) in [7, 11) is 1.12. The Labute approximate surface area is 145 Å². The average Bonchev–Trinajstić information content (AvgIpc) is 2.52. The number of nitrogens with zero attached hydrogens (tertiary/aromatic N) is 1. The molecule has 1 amide bonds. The highest BCUT2D eigenvalue weighted by atomic mass is 19.4. The molecule has 1 aromatic carbocycles. The third-order valence-corrected chi connectivity index (χ3v) is 3.50. The van der Waals surface area contributed by atoms with E-state index in [9.17, 15) is 35.9 Å². The highest BCUT2D eigenvalue weighted by molar-refractivity contribution is 5.95. The van der Waals surface area contributed by atoms with Crippen molar-refractivity contribution < 1.29 is 40.7 Å². The van der Waals surface area contributed by atoms with Crippen molar-refractivity contribution >= 4 is 11.9 Å². The van der Waals surface area contributed by atoms with Crippen LogP contribution >= 0.6 is 0 Å². The van der Waals surface area contributed by atoms with Crippen LogP contribution in [-0.4, -0.2) is 36.5 Å². The number of hydrogen-bond donors (Lipinski definition) is 0. The molecule has 0 fully saturated rings. The lowest BCUT2D eigenvalue weighted by molar-refractivity contribution is -0.143. The number of amides is 1. The minimum atomic E-state index is -5.05. The van der Waals surface area contributed by atoms with Crippen molar-refractivity contribution in [3.05, 3.63) is 34.9 Å². The third kappa shape index (κ3) is 5.63. The molecule has 1 aromatic rings. The molecule has 0 saturated carbocycles. The van der Waals surface area contributed by atoms with Gasteiger partial charge in [-0.25, -0.2) is 0 Å². The predicted octanol–water partition coefficient (Wildman–Crippen LogP) is 4.14. The highest BCUT2D eigenvalue weighted by Crippen LogP contribution is 2.36. The van der Waals surface area contributed by atoms with Crippen molar-refractivity contribution in [2.45, 2.75) is 38.7 Å². The van der Waals surface area contributed by atoms with Crippen LogP contribution in [0, 0.1) is 0 Å². The Morgan fingerprint density at radius 3 is 1.81 bits per heavy atom. The van der Waals surface area contributed by atoms with E-state index in [1.807, 2.05) is 0 Å². The first-order valence-electron chi connectivity index (χ1n) is 7.44. The molecule has 10 heteroatoms. The molecule has 4 nitrogen and oxygen atoms in total. The number of carbonyl (C=O) groups is 2. The second kappa shape index (κ2) is 7.96. The van der Waals surface area contributed by atoms with Crippen LogP contribution in [0.2, 0.25) is 0 Å². The van der Waals surface area contributed by atoms with Gasteiger partial charge in [0.05, 0.1) is 24.7 Å². The molecule has 146 valence electrons. The van der Waals surface area contributed by atoms with Gasteiger partial charge in [0.15, 0.2) is 0 Å². The lowest BCUT2D eigenvalue weighted by Crippen LogP contribution is -2.38. The van der Waals surface area contributed by atoms with E-state index >= 15 is 0 Å². The van der Waals surface area contributed by atoms with Gasteiger partial charge in [0.2, 0.25) is 0 Å². The number of rotatable bonds is 5. The molecule has 0 aliphatic carbocycles. The van der Waals surface area contributed by atoms with Crippen LogP contribution in [-0.2, 0) is 21.9 Å². The van der Waals surface area contributed by atoms with E-state index in [4.69, 9.17) is 0 Å². The summed E-state index contributed by atoms with van der Waals surface area (Å²) in [5.41, 5.74) is -3.91. The quantitative estimate of drug-likeness (QED) is 0.566. The van der Waals surface area contributed by atoms with E-state index in [0.29, 0.717) is 12.1 Å². The van der Waals surface area contributed by atoms with Gasteiger partial charge >= 0.3 is 18.3 Å². The summed E-state index contributed by atoms with van der Waals surface area (Å²) in [5, 5.41) is 0. The molecular formula is C16H17F6NO3. The number of ether oxygens (including phenoxy) is 1. The molecule has 26 heavy (non-hydrogen) atoms. The van der Waals surface area contributed by atoms with E-state index in [0.717, 1.165) is 12.0 Å². The van der Waals surface area contributed by atoms with E-state index in [-0.39, 0.29) is 19.0 Å². The van der Waals surface area contributed by atoms with Gasteiger partial charge in [-0.15, -0.1) is 0 Å². The summed E-state index contributed by atoms with van der Waals surface area (Å²) in [5.74, 6) is -1.70. The van der Waals surface area contributed by atoms with Crippen molar-refractivity contribution in [2.75, 3.05) is 13.7 Å². The van der Waals surface area contributed by atoms with Gasteiger partial charge in [0.25, 0.3) is 5.91 Å². The van der Waals surface area contributed by atoms with E-state index < -0.39 is 47.0 Å². The molecule has 0 aliphatic rings. The fourth-order valence-corrected chi connectivity index (χ4v) is 2.15. The minimum Gasteiger partial charge on any atom is -0.469 e. The van der Waals surface area contributed by atoms with Gasteiger partial charge in [0, 0.05) is 18.2 Å². The van der Waals surface area contributed by atoms with Crippen molar-refractivity contribution in [1.82, 2.24) is 4.90 Å². The van der Waals surface area contributed by atoms with Crippen molar-refractivity contribution in [3.63, 3.8) is 0 Å². The number of alkyl halides is 6. The molecule has 1 rings (SSSR count). The Bertz CT molecular complexity index is 635. The first kappa shape index (κ1) is 21.8. The summed E-state index contributed by atoms with van der Waals surface area (Å²) in [6.45, 7) is 2.84. The lowest BCUT2D eigenvalue weighted by atomic mass is 10.0. The van der Waals surface area contributed by atoms with Crippen LogP contribution in [0.25, 0.3) is 0 Å². The second-order valence-corrected chi connectivity index (χ2v) is 5.71. The van der Waals surface area contributed by atoms with Crippen LogP contribution in [0.4, 0.5) is 26.3 Å². The van der Waals surface area contributed by atoms with Crippen LogP contribution < -0.4 is 0 Å².